The summed E-state index contributed by atoms with van der Waals surface area (Å²) < 4.78 is 3.85. The standard InChI is InChI=1S/C7H12N2OS/c1-5(2)6(10)3-7-8-4-9-11-7/h4-6,10H,3H2,1-2H3. The Morgan fingerprint density at radius 3 is 2.82 bits per heavy atom. The molecule has 0 amide bonds. The van der Waals surface area contributed by atoms with E-state index in [0.717, 1.165) is 5.01 Å². The molecule has 62 valence electrons. The molecule has 1 heterocycles. The van der Waals surface area contributed by atoms with E-state index in [1.54, 1.807) is 0 Å². The highest BCUT2D eigenvalue weighted by Crippen LogP contribution is 2.09. The van der Waals surface area contributed by atoms with E-state index in [9.17, 15) is 5.11 Å². The number of hydrogen-bond acceptors (Lipinski definition) is 4. The van der Waals surface area contributed by atoms with Crippen LogP contribution in [0.4, 0.5) is 0 Å². The maximum absolute atomic E-state index is 9.44. The smallest absolute Gasteiger partial charge is 0.129 e. The third-order valence-corrected chi connectivity index (χ3v) is 2.24. The van der Waals surface area contributed by atoms with Gasteiger partial charge >= 0.3 is 0 Å². The van der Waals surface area contributed by atoms with Crippen molar-refractivity contribution >= 4 is 11.5 Å². The molecule has 1 rings (SSSR count). The van der Waals surface area contributed by atoms with Crippen molar-refractivity contribution in [2.45, 2.75) is 26.4 Å². The summed E-state index contributed by atoms with van der Waals surface area (Å²) in [5.41, 5.74) is 0. The van der Waals surface area contributed by atoms with E-state index in [-0.39, 0.29) is 6.10 Å². The van der Waals surface area contributed by atoms with E-state index in [1.807, 2.05) is 13.8 Å². The van der Waals surface area contributed by atoms with Gasteiger partial charge in [-0.25, -0.2) is 4.98 Å². The molecule has 0 aromatic carbocycles. The van der Waals surface area contributed by atoms with Crippen LogP contribution in [0.3, 0.4) is 0 Å². The Morgan fingerprint density at radius 1 is 1.64 bits per heavy atom. The highest BCUT2D eigenvalue weighted by molar-refractivity contribution is 7.05. The Hall–Kier alpha value is -0.480. The minimum Gasteiger partial charge on any atom is -0.392 e. The van der Waals surface area contributed by atoms with Gasteiger partial charge < -0.3 is 5.11 Å². The van der Waals surface area contributed by atoms with E-state index < -0.39 is 0 Å². The second-order valence-electron chi connectivity index (χ2n) is 2.85. The lowest BCUT2D eigenvalue weighted by Crippen LogP contribution is -2.17. The van der Waals surface area contributed by atoms with Crippen molar-refractivity contribution in [2.24, 2.45) is 5.92 Å². The van der Waals surface area contributed by atoms with Crippen LogP contribution in [0.25, 0.3) is 0 Å². The van der Waals surface area contributed by atoms with Gasteiger partial charge in [0, 0.05) is 6.42 Å². The molecule has 4 heteroatoms. The van der Waals surface area contributed by atoms with Crippen molar-refractivity contribution in [3.8, 4) is 0 Å². The molecular weight excluding hydrogens is 160 g/mol. The Labute approximate surface area is 70.3 Å². The summed E-state index contributed by atoms with van der Waals surface area (Å²) in [5.74, 6) is 0.291. The van der Waals surface area contributed by atoms with Gasteiger partial charge in [0.05, 0.1) is 6.10 Å². The normalized spacial score (nSPS) is 13.8. The molecule has 0 saturated heterocycles. The van der Waals surface area contributed by atoms with Crippen LogP contribution >= 0.6 is 11.5 Å². The topological polar surface area (TPSA) is 46.0 Å². The van der Waals surface area contributed by atoms with Crippen molar-refractivity contribution in [2.75, 3.05) is 0 Å². The number of aromatic nitrogens is 2. The third kappa shape index (κ3) is 2.55. The quantitative estimate of drug-likeness (QED) is 0.742. The maximum Gasteiger partial charge on any atom is 0.129 e. The zero-order chi connectivity index (χ0) is 8.27. The Balaban J connectivity index is 2.43. The Kier molecular flexibility index (Phi) is 2.96. The minimum atomic E-state index is -0.289. The summed E-state index contributed by atoms with van der Waals surface area (Å²) in [5, 5.41) is 10.3. The lowest BCUT2D eigenvalue weighted by Gasteiger charge is -2.11. The molecule has 1 N–H and O–H groups in total. The van der Waals surface area contributed by atoms with Crippen LogP contribution in [0, 0.1) is 5.92 Å². The van der Waals surface area contributed by atoms with Crippen LogP contribution in [0.5, 0.6) is 0 Å². The average Bonchev–Trinajstić information content (AvgIpc) is 2.39. The number of hydrogen-bond donors (Lipinski definition) is 1. The molecule has 0 aliphatic carbocycles. The van der Waals surface area contributed by atoms with Crippen molar-refractivity contribution in [1.82, 2.24) is 9.36 Å². The van der Waals surface area contributed by atoms with Gasteiger partial charge in [-0.2, -0.15) is 4.37 Å². The molecular formula is C7H12N2OS. The Bertz CT molecular complexity index is 198. The van der Waals surface area contributed by atoms with Crippen molar-refractivity contribution in [3.05, 3.63) is 11.3 Å². The van der Waals surface area contributed by atoms with Gasteiger partial charge in [0.15, 0.2) is 0 Å². The predicted octanol–water partition coefficient (Wildman–Crippen LogP) is 1.10. The fraction of sp³-hybridized carbons (Fsp3) is 0.714. The molecule has 0 bridgehead atoms. The van der Waals surface area contributed by atoms with E-state index in [1.165, 1.54) is 17.9 Å². The van der Waals surface area contributed by atoms with Gasteiger partial charge in [-0.3, -0.25) is 0 Å². The SMILES string of the molecule is CC(C)C(O)Cc1ncns1. The van der Waals surface area contributed by atoms with Gasteiger partial charge in [-0.05, 0) is 17.5 Å². The highest BCUT2D eigenvalue weighted by Gasteiger charge is 2.11. The second kappa shape index (κ2) is 3.78. The third-order valence-electron chi connectivity index (χ3n) is 1.56. The molecule has 0 saturated carbocycles. The van der Waals surface area contributed by atoms with Gasteiger partial charge in [-0.15, -0.1) is 0 Å². The molecule has 0 radical (unpaired) electrons. The van der Waals surface area contributed by atoms with Gasteiger partial charge in [0.25, 0.3) is 0 Å². The number of nitrogens with zero attached hydrogens (tertiary/aromatic N) is 2. The summed E-state index contributed by atoms with van der Waals surface area (Å²) in [6.07, 6.45) is 1.86. The van der Waals surface area contributed by atoms with Crippen LogP contribution in [-0.4, -0.2) is 20.6 Å². The van der Waals surface area contributed by atoms with Gasteiger partial charge in [-0.1, -0.05) is 13.8 Å². The van der Waals surface area contributed by atoms with Crippen LogP contribution in [0.1, 0.15) is 18.9 Å². The lowest BCUT2D eigenvalue weighted by atomic mass is 10.1. The molecule has 1 atom stereocenters. The summed E-state index contributed by atoms with van der Waals surface area (Å²) >= 11 is 1.35. The first-order valence-corrected chi connectivity index (χ1v) is 4.41. The average molecular weight is 172 g/mol. The molecule has 1 unspecified atom stereocenters. The van der Waals surface area contributed by atoms with E-state index in [2.05, 4.69) is 9.36 Å². The number of aliphatic hydroxyl groups is 1. The van der Waals surface area contributed by atoms with Crippen LogP contribution in [0.2, 0.25) is 0 Å². The first kappa shape index (κ1) is 8.62. The van der Waals surface area contributed by atoms with E-state index >= 15 is 0 Å². The summed E-state index contributed by atoms with van der Waals surface area (Å²) in [6.45, 7) is 3.98. The molecule has 1 aromatic heterocycles. The maximum atomic E-state index is 9.44. The lowest BCUT2D eigenvalue weighted by molar-refractivity contribution is 0.125. The monoisotopic (exact) mass is 172 g/mol. The van der Waals surface area contributed by atoms with Crippen LogP contribution < -0.4 is 0 Å². The highest BCUT2D eigenvalue weighted by atomic mass is 32.1. The van der Waals surface area contributed by atoms with Crippen LogP contribution in [0.15, 0.2) is 6.33 Å². The number of rotatable bonds is 3. The molecule has 11 heavy (non-hydrogen) atoms. The second-order valence-corrected chi connectivity index (χ2v) is 3.72. The van der Waals surface area contributed by atoms with Crippen molar-refractivity contribution in [3.63, 3.8) is 0 Å². The fourth-order valence-corrected chi connectivity index (χ4v) is 1.26. The molecule has 0 spiro atoms. The summed E-state index contributed by atoms with van der Waals surface area (Å²) in [4.78, 5) is 3.99. The first-order chi connectivity index (χ1) is 5.20. The zero-order valence-electron chi connectivity index (χ0n) is 6.69. The molecule has 0 aliphatic heterocycles. The molecule has 1 aromatic rings. The molecule has 0 aliphatic rings. The predicted molar refractivity (Wildman–Crippen MR) is 44.5 cm³/mol. The largest absolute Gasteiger partial charge is 0.392 e. The zero-order valence-corrected chi connectivity index (χ0v) is 7.51. The summed E-state index contributed by atoms with van der Waals surface area (Å²) in [6, 6.07) is 0. The number of aliphatic hydroxyl groups excluding tert-OH is 1. The molecule has 0 fully saturated rings. The molecule has 3 nitrogen and oxygen atoms in total. The van der Waals surface area contributed by atoms with E-state index in [0.29, 0.717) is 12.3 Å². The minimum absolute atomic E-state index is 0.289. The first-order valence-electron chi connectivity index (χ1n) is 3.63. The Morgan fingerprint density at radius 2 is 2.36 bits per heavy atom. The summed E-state index contributed by atoms with van der Waals surface area (Å²) in [7, 11) is 0. The van der Waals surface area contributed by atoms with Crippen LogP contribution in [-0.2, 0) is 6.42 Å². The fourth-order valence-electron chi connectivity index (χ4n) is 0.701. The van der Waals surface area contributed by atoms with Crippen molar-refractivity contribution in [1.29, 1.82) is 0 Å². The van der Waals surface area contributed by atoms with Gasteiger partial charge in [0.2, 0.25) is 0 Å². The van der Waals surface area contributed by atoms with E-state index in [4.69, 9.17) is 0 Å². The van der Waals surface area contributed by atoms with Gasteiger partial charge in [0.1, 0.15) is 11.3 Å². The van der Waals surface area contributed by atoms with Crippen molar-refractivity contribution < 1.29 is 5.11 Å².